The normalized spacial score (nSPS) is 11.0. The van der Waals surface area contributed by atoms with Crippen molar-refractivity contribution in [2.45, 2.75) is 6.18 Å². The highest BCUT2D eigenvalue weighted by atomic mass is 19.4. The topological polar surface area (TPSA) is 78.7 Å². The molecule has 0 fully saturated rings. The number of hydrogen-bond donors (Lipinski definition) is 0. The molecule has 0 heterocycles. The third-order valence-electron chi connectivity index (χ3n) is 2.99. The van der Waals surface area contributed by atoms with Gasteiger partial charge in [-0.1, -0.05) is 12.1 Å². The van der Waals surface area contributed by atoms with E-state index in [1.165, 1.54) is 12.1 Å². The van der Waals surface area contributed by atoms with Gasteiger partial charge >= 0.3 is 12.1 Å². The first-order valence-electron chi connectivity index (χ1n) is 6.45. The van der Waals surface area contributed by atoms with Crippen LogP contribution in [0.2, 0.25) is 0 Å². The highest BCUT2D eigenvalue weighted by molar-refractivity contribution is 5.94. The van der Waals surface area contributed by atoms with Gasteiger partial charge in [-0.25, -0.2) is 4.79 Å². The summed E-state index contributed by atoms with van der Waals surface area (Å²) in [6.07, 6.45) is -4.64. The molecule has 0 aliphatic rings. The maximum atomic E-state index is 12.9. The van der Waals surface area contributed by atoms with Crippen LogP contribution < -0.4 is 4.74 Å². The molecular weight excluding hydrogens is 331 g/mol. The molecule has 0 saturated heterocycles. The van der Waals surface area contributed by atoms with Crippen molar-refractivity contribution < 1.29 is 32.4 Å². The Morgan fingerprint density at radius 1 is 1.17 bits per heavy atom. The number of nitrogens with zero attached hydrogens (tertiary/aromatic N) is 1. The van der Waals surface area contributed by atoms with E-state index in [0.717, 1.165) is 37.4 Å². The van der Waals surface area contributed by atoms with E-state index in [1.54, 1.807) is 0 Å². The zero-order valence-electron chi connectivity index (χ0n) is 12.2. The second-order valence-electron chi connectivity index (χ2n) is 4.52. The second-order valence-corrected chi connectivity index (χ2v) is 4.52. The lowest BCUT2D eigenvalue weighted by atomic mass is 10.1. The molecular formula is C15H10F3NO5. The van der Waals surface area contributed by atoms with Crippen LogP contribution >= 0.6 is 0 Å². The minimum absolute atomic E-state index is 0.169. The van der Waals surface area contributed by atoms with Crippen molar-refractivity contribution in [3.8, 4) is 11.5 Å². The fraction of sp³-hybridized carbons (Fsp3) is 0.133. The van der Waals surface area contributed by atoms with Crippen molar-refractivity contribution in [3.63, 3.8) is 0 Å². The molecule has 6 nitrogen and oxygen atoms in total. The number of rotatable bonds is 4. The molecule has 0 atom stereocenters. The Hall–Kier alpha value is -3.10. The van der Waals surface area contributed by atoms with Gasteiger partial charge in [0.15, 0.2) is 0 Å². The number of ether oxygens (including phenoxy) is 2. The van der Waals surface area contributed by atoms with Gasteiger partial charge in [-0.15, -0.1) is 0 Å². The molecule has 126 valence electrons. The fourth-order valence-corrected chi connectivity index (χ4v) is 1.93. The quantitative estimate of drug-likeness (QED) is 0.473. The van der Waals surface area contributed by atoms with Gasteiger partial charge in [0.2, 0.25) is 0 Å². The van der Waals surface area contributed by atoms with E-state index in [0.29, 0.717) is 0 Å². The van der Waals surface area contributed by atoms with E-state index in [-0.39, 0.29) is 5.75 Å². The number of carbonyl (C=O) groups excluding carboxylic acids is 1. The Morgan fingerprint density at radius 2 is 1.83 bits per heavy atom. The van der Waals surface area contributed by atoms with Crippen LogP contribution in [0.5, 0.6) is 11.5 Å². The summed E-state index contributed by atoms with van der Waals surface area (Å²) in [7, 11) is 1.03. The lowest BCUT2D eigenvalue weighted by Crippen LogP contribution is -2.08. The molecule has 0 aliphatic carbocycles. The summed E-state index contributed by atoms with van der Waals surface area (Å²) in [4.78, 5) is 21.7. The van der Waals surface area contributed by atoms with Gasteiger partial charge in [-0.2, -0.15) is 13.2 Å². The summed E-state index contributed by atoms with van der Waals surface area (Å²) >= 11 is 0. The molecule has 0 aliphatic heterocycles. The van der Waals surface area contributed by atoms with E-state index in [9.17, 15) is 28.1 Å². The number of para-hydroxylation sites is 1. The Bertz CT molecular complexity index is 789. The molecule has 0 N–H and O–H groups in total. The zero-order chi connectivity index (χ0) is 17.9. The fourth-order valence-electron chi connectivity index (χ4n) is 1.93. The summed E-state index contributed by atoms with van der Waals surface area (Å²) in [6, 6.07) is 7.49. The number of nitro groups is 1. The van der Waals surface area contributed by atoms with Crippen LogP contribution in [0.4, 0.5) is 18.9 Å². The number of carbonyl (C=O) groups is 1. The third-order valence-corrected chi connectivity index (χ3v) is 2.99. The minimum Gasteiger partial charge on any atom is -0.465 e. The van der Waals surface area contributed by atoms with Crippen molar-refractivity contribution in [2.24, 2.45) is 0 Å². The van der Waals surface area contributed by atoms with E-state index >= 15 is 0 Å². The smallest absolute Gasteiger partial charge is 0.419 e. The van der Waals surface area contributed by atoms with Gasteiger partial charge in [0.05, 0.1) is 17.6 Å². The molecule has 24 heavy (non-hydrogen) atoms. The van der Waals surface area contributed by atoms with Gasteiger partial charge in [-0.05, 0) is 18.2 Å². The maximum absolute atomic E-state index is 12.9. The van der Waals surface area contributed by atoms with E-state index in [4.69, 9.17) is 4.74 Å². The van der Waals surface area contributed by atoms with Gasteiger partial charge in [0.1, 0.15) is 17.1 Å². The Morgan fingerprint density at radius 3 is 2.42 bits per heavy atom. The summed E-state index contributed by atoms with van der Waals surface area (Å²) in [5.74, 6) is -1.66. The van der Waals surface area contributed by atoms with E-state index in [1.807, 2.05) is 0 Å². The molecule has 2 aromatic carbocycles. The average Bonchev–Trinajstić information content (AvgIpc) is 2.53. The van der Waals surface area contributed by atoms with Crippen molar-refractivity contribution in [3.05, 3.63) is 63.7 Å². The highest BCUT2D eigenvalue weighted by Crippen LogP contribution is 2.38. The number of nitro benzene ring substituents is 1. The van der Waals surface area contributed by atoms with E-state index in [2.05, 4.69) is 4.74 Å². The summed E-state index contributed by atoms with van der Waals surface area (Å²) in [5, 5.41) is 10.9. The predicted molar refractivity (Wildman–Crippen MR) is 76.0 cm³/mol. The molecule has 0 saturated carbocycles. The van der Waals surface area contributed by atoms with Crippen molar-refractivity contribution in [1.29, 1.82) is 0 Å². The van der Waals surface area contributed by atoms with Crippen molar-refractivity contribution in [2.75, 3.05) is 7.11 Å². The van der Waals surface area contributed by atoms with Crippen LogP contribution in [-0.4, -0.2) is 18.0 Å². The highest BCUT2D eigenvalue weighted by Gasteiger charge is 2.34. The number of alkyl halides is 3. The van der Waals surface area contributed by atoms with Gasteiger partial charge in [-0.3, -0.25) is 10.1 Å². The number of hydrogen-bond acceptors (Lipinski definition) is 5. The van der Waals surface area contributed by atoms with Crippen LogP contribution in [0.25, 0.3) is 0 Å². The van der Waals surface area contributed by atoms with Crippen molar-refractivity contribution in [1.82, 2.24) is 0 Å². The molecule has 0 radical (unpaired) electrons. The molecule has 2 aromatic rings. The van der Waals surface area contributed by atoms with Gasteiger partial charge < -0.3 is 9.47 Å². The molecule has 0 unspecified atom stereocenters. The Labute approximate surface area is 133 Å². The molecule has 0 bridgehead atoms. The summed E-state index contributed by atoms with van der Waals surface area (Å²) < 4.78 is 48.4. The lowest BCUT2D eigenvalue weighted by molar-refractivity contribution is -0.385. The first-order valence-corrected chi connectivity index (χ1v) is 6.45. The van der Waals surface area contributed by atoms with E-state index < -0.39 is 39.6 Å². The summed E-state index contributed by atoms with van der Waals surface area (Å²) in [5.41, 5.74) is -1.98. The number of halogens is 3. The Balaban J connectivity index is 2.45. The SMILES string of the molecule is COC(=O)c1cc(Oc2ccccc2C(F)(F)F)ccc1[N+](=O)[O-]. The monoisotopic (exact) mass is 341 g/mol. The van der Waals surface area contributed by atoms with Gasteiger partial charge in [0, 0.05) is 12.1 Å². The molecule has 0 aromatic heterocycles. The molecule has 2 rings (SSSR count). The van der Waals surface area contributed by atoms with Gasteiger partial charge in [0.25, 0.3) is 5.69 Å². The number of esters is 1. The minimum atomic E-state index is -4.64. The van der Waals surface area contributed by atoms with Crippen LogP contribution in [0.3, 0.4) is 0 Å². The largest absolute Gasteiger partial charge is 0.465 e. The van der Waals surface area contributed by atoms with Crippen LogP contribution in [0.15, 0.2) is 42.5 Å². The number of methoxy groups -OCH3 is 1. The predicted octanol–water partition coefficient (Wildman–Crippen LogP) is 4.19. The molecule has 0 amide bonds. The van der Waals surface area contributed by atoms with Crippen LogP contribution in [-0.2, 0) is 10.9 Å². The standard InChI is InChI=1S/C15H10F3NO5/c1-23-14(20)10-8-9(6-7-12(10)19(21)22)24-13-5-3-2-4-11(13)15(16,17)18/h2-8H,1H3. The van der Waals surface area contributed by atoms with Crippen LogP contribution in [0, 0.1) is 10.1 Å². The molecule has 9 heteroatoms. The van der Waals surface area contributed by atoms with Crippen LogP contribution in [0.1, 0.15) is 15.9 Å². The summed E-state index contributed by atoms with van der Waals surface area (Å²) in [6.45, 7) is 0. The number of benzene rings is 2. The Kier molecular flexibility index (Phi) is 4.72. The second kappa shape index (κ2) is 6.57. The first-order chi connectivity index (χ1) is 11.2. The third kappa shape index (κ3) is 3.62. The maximum Gasteiger partial charge on any atom is 0.419 e. The molecule has 0 spiro atoms. The van der Waals surface area contributed by atoms with Crippen molar-refractivity contribution >= 4 is 11.7 Å². The average molecular weight is 341 g/mol. The first kappa shape index (κ1) is 17.3. The lowest BCUT2D eigenvalue weighted by Gasteiger charge is -2.13. The zero-order valence-corrected chi connectivity index (χ0v) is 12.2.